The van der Waals surface area contributed by atoms with Crippen molar-refractivity contribution in [2.75, 3.05) is 19.1 Å². The van der Waals surface area contributed by atoms with Gasteiger partial charge in [0.05, 0.1) is 36.4 Å². The Morgan fingerprint density at radius 1 is 0.943 bits per heavy atom. The van der Waals surface area contributed by atoms with E-state index in [0.717, 1.165) is 11.1 Å². The Morgan fingerprint density at radius 3 is 2.23 bits per heavy atom. The molecule has 6 nitrogen and oxygen atoms in total. The fourth-order valence-electron chi connectivity index (χ4n) is 4.30. The van der Waals surface area contributed by atoms with Gasteiger partial charge in [-0.05, 0) is 42.7 Å². The maximum absolute atomic E-state index is 13.4. The van der Waals surface area contributed by atoms with Gasteiger partial charge >= 0.3 is 0 Å². The second-order valence-electron chi connectivity index (χ2n) is 8.16. The molecule has 0 aliphatic carbocycles. The Balaban J connectivity index is 2.04. The van der Waals surface area contributed by atoms with Crippen LogP contribution in [0.1, 0.15) is 28.3 Å². The Morgan fingerprint density at radius 2 is 1.60 bits per heavy atom. The first-order valence-electron chi connectivity index (χ1n) is 10.7. The molecule has 4 rings (SSSR count). The van der Waals surface area contributed by atoms with Crippen LogP contribution in [0.2, 0.25) is 10.0 Å². The lowest BCUT2D eigenvalue weighted by Gasteiger charge is -2.27. The van der Waals surface area contributed by atoms with Crippen molar-refractivity contribution in [1.82, 2.24) is 0 Å². The predicted molar refractivity (Wildman–Crippen MR) is 137 cm³/mol. The molecule has 1 saturated heterocycles. The molecule has 0 bridgehead atoms. The zero-order valence-corrected chi connectivity index (χ0v) is 21.1. The summed E-state index contributed by atoms with van der Waals surface area (Å²) in [6.07, 6.45) is 0. The number of Topliss-reactive ketones (excluding diaryl/α,β-unsaturated/α-hetero) is 1. The molecule has 1 aliphatic rings. The number of ether oxygens (including phenoxy) is 2. The van der Waals surface area contributed by atoms with Gasteiger partial charge < -0.3 is 14.6 Å². The highest BCUT2D eigenvalue weighted by Gasteiger charge is 2.47. The Bertz CT molecular complexity index is 1370. The van der Waals surface area contributed by atoms with Crippen LogP contribution in [0.15, 0.2) is 60.2 Å². The van der Waals surface area contributed by atoms with E-state index in [1.807, 2.05) is 38.1 Å². The second kappa shape index (κ2) is 9.64. The van der Waals surface area contributed by atoms with E-state index in [2.05, 4.69) is 0 Å². The van der Waals surface area contributed by atoms with Gasteiger partial charge in [0.2, 0.25) is 0 Å². The van der Waals surface area contributed by atoms with E-state index in [-0.39, 0.29) is 32.7 Å². The molecule has 3 aromatic rings. The van der Waals surface area contributed by atoms with Crippen LogP contribution in [0, 0.1) is 13.8 Å². The molecule has 1 heterocycles. The van der Waals surface area contributed by atoms with Crippen molar-refractivity contribution in [3.8, 4) is 11.5 Å². The van der Waals surface area contributed by atoms with Gasteiger partial charge in [-0.15, -0.1) is 0 Å². The molecular formula is C27H23Cl2NO5. The largest absolute Gasteiger partial charge is 0.507 e. The van der Waals surface area contributed by atoms with Crippen LogP contribution >= 0.6 is 23.2 Å². The van der Waals surface area contributed by atoms with Gasteiger partial charge in [0.1, 0.15) is 10.8 Å². The highest BCUT2D eigenvalue weighted by Crippen LogP contribution is 2.48. The molecule has 1 aliphatic heterocycles. The lowest BCUT2D eigenvalue weighted by atomic mass is 9.94. The summed E-state index contributed by atoms with van der Waals surface area (Å²) in [6, 6.07) is 15.2. The van der Waals surface area contributed by atoms with E-state index in [0.29, 0.717) is 11.3 Å². The first-order chi connectivity index (χ1) is 16.7. The normalized spacial score (nSPS) is 17.1. The topological polar surface area (TPSA) is 76.1 Å². The van der Waals surface area contributed by atoms with Crippen LogP contribution in [-0.2, 0) is 9.59 Å². The van der Waals surface area contributed by atoms with Crippen molar-refractivity contribution in [2.24, 2.45) is 0 Å². The van der Waals surface area contributed by atoms with E-state index in [1.54, 1.807) is 24.3 Å². The third-order valence-corrected chi connectivity index (χ3v) is 6.60. The summed E-state index contributed by atoms with van der Waals surface area (Å²) in [5, 5.41) is 11.6. The number of benzene rings is 3. The first-order valence-corrected chi connectivity index (χ1v) is 11.5. The van der Waals surface area contributed by atoms with Gasteiger partial charge in [-0.3, -0.25) is 14.5 Å². The lowest BCUT2D eigenvalue weighted by Crippen LogP contribution is -2.30. The molecule has 0 spiro atoms. The Hall–Kier alpha value is -3.48. The summed E-state index contributed by atoms with van der Waals surface area (Å²) < 4.78 is 10.7. The number of carbonyl (C=O) groups excluding carboxylic acids is 2. The molecule has 1 N–H and O–H groups in total. The molecule has 8 heteroatoms. The zero-order valence-electron chi connectivity index (χ0n) is 19.6. The fourth-order valence-corrected chi connectivity index (χ4v) is 4.99. The number of aliphatic hydroxyl groups excluding tert-OH is 1. The molecule has 1 unspecified atom stereocenters. The maximum Gasteiger partial charge on any atom is 0.300 e. The smallest absolute Gasteiger partial charge is 0.300 e. The molecule has 1 amide bonds. The molecule has 1 fully saturated rings. The summed E-state index contributed by atoms with van der Waals surface area (Å²) in [7, 11) is 2.77. The Labute approximate surface area is 213 Å². The number of methoxy groups -OCH3 is 2. The molecule has 35 heavy (non-hydrogen) atoms. The predicted octanol–water partition coefficient (Wildman–Crippen LogP) is 6.25. The summed E-state index contributed by atoms with van der Waals surface area (Å²) in [5.41, 5.74) is 2.94. The van der Waals surface area contributed by atoms with Crippen LogP contribution in [0.25, 0.3) is 5.76 Å². The van der Waals surface area contributed by atoms with Gasteiger partial charge in [0.15, 0.2) is 11.5 Å². The summed E-state index contributed by atoms with van der Waals surface area (Å²) in [5.74, 6) is -1.80. The van der Waals surface area contributed by atoms with E-state index < -0.39 is 23.5 Å². The van der Waals surface area contributed by atoms with Crippen molar-refractivity contribution in [2.45, 2.75) is 19.9 Å². The second-order valence-corrected chi connectivity index (χ2v) is 8.94. The molecule has 180 valence electrons. The molecule has 1 atom stereocenters. The number of nitrogens with zero attached hydrogens (tertiary/aromatic N) is 1. The number of aliphatic hydroxyl groups is 1. The van der Waals surface area contributed by atoms with E-state index in [1.165, 1.54) is 25.2 Å². The van der Waals surface area contributed by atoms with Crippen molar-refractivity contribution in [1.29, 1.82) is 0 Å². The van der Waals surface area contributed by atoms with Gasteiger partial charge in [-0.25, -0.2) is 0 Å². The van der Waals surface area contributed by atoms with Crippen molar-refractivity contribution in [3.05, 3.63) is 92.5 Å². The van der Waals surface area contributed by atoms with Crippen LogP contribution in [0.3, 0.4) is 0 Å². The van der Waals surface area contributed by atoms with Gasteiger partial charge in [-0.2, -0.15) is 0 Å². The number of carbonyl (C=O) groups is 2. The number of hydrogen-bond donors (Lipinski definition) is 1. The summed E-state index contributed by atoms with van der Waals surface area (Å²) >= 11 is 12.8. The molecule has 3 aromatic carbocycles. The fraction of sp³-hybridized carbons (Fsp3) is 0.185. The number of halogens is 2. The summed E-state index contributed by atoms with van der Waals surface area (Å²) in [4.78, 5) is 28.3. The molecule has 0 radical (unpaired) electrons. The van der Waals surface area contributed by atoms with Crippen molar-refractivity contribution >= 4 is 46.3 Å². The quantitative estimate of drug-likeness (QED) is 0.248. The summed E-state index contributed by atoms with van der Waals surface area (Å²) in [6.45, 7) is 3.77. The minimum Gasteiger partial charge on any atom is -0.507 e. The average molecular weight is 512 g/mol. The number of aryl methyl sites for hydroxylation is 2. The van der Waals surface area contributed by atoms with E-state index >= 15 is 0 Å². The number of amides is 1. The molecule has 0 saturated carbocycles. The lowest BCUT2D eigenvalue weighted by molar-refractivity contribution is -0.132. The maximum atomic E-state index is 13.4. The minimum absolute atomic E-state index is 0.0315. The number of ketones is 1. The van der Waals surface area contributed by atoms with Gasteiger partial charge in [0.25, 0.3) is 11.7 Å². The standard InChI is InChI=1S/C27H23Cl2NO5/c1-14-10-11-15(2)19(12-14)30-22(16-8-6-5-7-9-16)20(24(32)27(30)33)23(31)17-13-18(28)26(35-4)21(29)25(17)34-3/h5-13,22,31H,1-4H3/b23-20+. The average Bonchev–Trinajstić information content (AvgIpc) is 3.11. The third-order valence-electron chi connectivity index (χ3n) is 5.98. The van der Waals surface area contributed by atoms with Gasteiger partial charge in [0, 0.05) is 5.69 Å². The van der Waals surface area contributed by atoms with Gasteiger partial charge in [-0.1, -0.05) is 65.7 Å². The molecular weight excluding hydrogens is 489 g/mol. The molecule has 0 aromatic heterocycles. The monoisotopic (exact) mass is 511 g/mol. The SMILES string of the molecule is COc1c(Cl)cc(/C(O)=C2\C(=O)C(=O)N(c3cc(C)ccc3C)C2c2ccccc2)c(OC)c1Cl. The number of anilines is 1. The highest BCUT2D eigenvalue weighted by molar-refractivity contribution is 6.52. The minimum atomic E-state index is -0.888. The third kappa shape index (κ3) is 4.13. The Kier molecular flexibility index (Phi) is 6.79. The van der Waals surface area contributed by atoms with Crippen molar-refractivity contribution in [3.63, 3.8) is 0 Å². The van der Waals surface area contributed by atoms with Crippen molar-refractivity contribution < 1.29 is 24.2 Å². The number of rotatable bonds is 5. The van der Waals surface area contributed by atoms with Crippen LogP contribution in [0.4, 0.5) is 5.69 Å². The van der Waals surface area contributed by atoms with E-state index in [9.17, 15) is 14.7 Å². The highest BCUT2D eigenvalue weighted by atomic mass is 35.5. The van der Waals surface area contributed by atoms with Crippen LogP contribution in [-0.4, -0.2) is 31.0 Å². The van der Waals surface area contributed by atoms with E-state index in [4.69, 9.17) is 32.7 Å². The van der Waals surface area contributed by atoms with Crippen LogP contribution < -0.4 is 14.4 Å². The first kappa shape index (κ1) is 24.6. The zero-order chi connectivity index (χ0) is 25.4. The number of hydrogen-bond acceptors (Lipinski definition) is 5. The van der Waals surface area contributed by atoms with Crippen LogP contribution in [0.5, 0.6) is 11.5 Å².